The second kappa shape index (κ2) is 8.70. The third-order valence-corrected chi connectivity index (χ3v) is 3.40. The number of ether oxygens (including phenoxy) is 2. The summed E-state index contributed by atoms with van der Waals surface area (Å²) in [5.41, 5.74) is 2.48. The standard InChI is InChI=1S/C18H20N2O5/c1-3-10-25-14-7-4-12(5-8-14)17(21)19-15-11-13(18(22)20-23)6-9-16(15)24-2/h4-9,11,23H,3,10H2,1-2H3,(H,19,21)(H,20,22). The molecule has 0 aliphatic carbocycles. The van der Waals surface area contributed by atoms with E-state index in [2.05, 4.69) is 5.32 Å². The van der Waals surface area contributed by atoms with E-state index in [0.717, 1.165) is 6.42 Å². The molecule has 2 aromatic carbocycles. The molecule has 7 heteroatoms. The van der Waals surface area contributed by atoms with Gasteiger partial charge in [-0.05, 0) is 48.9 Å². The van der Waals surface area contributed by atoms with Crippen LogP contribution in [0.1, 0.15) is 34.1 Å². The number of hydrogen-bond acceptors (Lipinski definition) is 5. The fourth-order valence-electron chi connectivity index (χ4n) is 2.13. The van der Waals surface area contributed by atoms with Crippen molar-refractivity contribution in [2.75, 3.05) is 19.0 Å². The van der Waals surface area contributed by atoms with Gasteiger partial charge in [0.15, 0.2) is 0 Å². The number of nitrogens with one attached hydrogen (secondary N) is 2. The lowest BCUT2D eigenvalue weighted by Gasteiger charge is -2.12. The predicted molar refractivity (Wildman–Crippen MR) is 92.4 cm³/mol. The lowest BCUT2D eigenvalue weighted by atomic mass is 10.1. The number of amides is 2. The summed E-state index contributed by atoms with van der Waals surface area (Å²) in [6.45, 7) is 2.63. The Morgan fingerprint density at radius 3 is 2.32 bits per heavy atom. The molecule has 0 fully saturated rings. The van der Waals surface area contributed by atoms with Crippen molar-refractivity contribution in [2.45, 2.75) is 13.3 Å². The number of carbonyl (C=O) groups is 2. The molecule has 0 unspecified atom stereocenters. The highest BCUT2D eigenvalue weighted by Crippen LogP contribution is 2.26. The summed E-state index contributed by atoms with van der Waals surface area (Å²) in [5.74, 6) is 0.0424. The highest BCUT2D eigenvalue weighted by atomic mass is 16.5. The molecule has 25 heavy (non-hydrogen) atoms. The summed E-state index contributed by atoms with van der Waals surface area (Å²) in [7, 11) is 1.46. The highest BCUT2D eigenvalue weighted by Gasteiger charge is 2.13. The van der Waals surface area contributed by atoms with Crippen LogP contribution in [0.4, 0.5) is 5.69 Å². The normalized spacial score (nSPS) is 10.0. The zero-order chi connectivity index (χ0) is 18.2. The van der Waals surface area contributed by atoms with Crippen molar-refractivity contribution < 1.29 is 24.3 Å². The molecule has 0 aliphatic rings. The van der Waals surface area contributed by atoms with Crippen LogP contribution in [-0.2, 0) is 0 Å². The Hall–Kier alpha value is -3.06. The van der Waals surface area contributed by atoms with Gasteiger partial charge in [-0.1, -0.05) is 6.92 Å². The summed E-state index contributed by atoms with van der Waals surface area (Å²) in [6.07, 6.45) is 0.903. The minimum atomic E-state index is -0.685. The molecule has 3 N–H and O–H groups in total. The molecule has 0 saturated heterocycles. The van der Waals surface area contributed by atoms with E-state index in [9.17, 15) is 9.59 Å². The summed E-state index contributed by atoms with van der Waals surface area (Å²) >= 11 is 0. The number of benzene rings is 2. The first-order chi connectivity index (χ1) is 12.1. The Balaban J connectivity index is 2.17. The minimum absolute atomic E-state index is 0.182. The van der Waals surface area contributed by atoms with E-state index in [1.165, 1.54) is 25.3 Å². The summed E-state index contributed by atoms with van der Waals surface area (Å²) in [4.78, 5) is 23.9. The van der Waals surface area contributed by atoms with Crippen LogP contribution in [0.25, 0.3) is 0 Å². The van der Waals surface area contributed by atoms with E-state index >= 15 is 0 Å². The molecular formula is C18H20N2O5. The number of hydrogen-bond donors (Lipinski definition) is 3. The lowest BCUT2D eigenvalue weighted by Crippen LogP contribution is -2.19. The maximum absolute atomic E-state index is 12.4. The zero-order valence-electron chi connectivity index (χ0n) is 14.0. The molecule has 0 bridgehead atoms. The molecule has 2 rings (SSSR count). The maximum Gasteiger partial charge on any atom is 0.274 e. The number of rotatable bonds is 7. The van der Waals surface area contributed by atoms with Crippen molar-refractivity contribution in [1.29, 1.82) is 0 Å². The van der Waals surface area contributed by atoms with Crippen LogP contribution in [0.2, 0.25) is 0 Å². The Morgan fingerprint density at radius 2 is 1.72 bits per heavy atom. The molecule has 0 saturated carbocycles. The van der Waals surface area contributed by atoms with Gasteiger partial charge in [-0.2, -0.15) is 0 Å². The molecule has 0 atom stereocenters. The van der Waals surface area contributed by atoms with Gasteiger partial charge in [0.2, 0.25) is 0 Å². The minimum Gasteiger partial charge on any atom is -0.495 e. The van der Waals surface area contributed by atoms with E-state index < -0.39 is 5.91 Å². The van der Waals surface area contributed by atoms with Crippen LogP contribution in [-0.4, -0.2) is 30.7 Å². The van der Waals surface area contributed by atoms with E-state index in [-0.39, 0.29) is 11.5 Å². The molecule has 0 spiro atoms. The monoisotopic (exact) mass is 344 g/mol. The van der Waals surface area contributed by atoms with Crippen molar-refractivity contribution in [3.05, 3.63) is 53.6 Å². The van der Waals surface area contributed by atoms with Crippen molar-refractivity contribution >= 4 is 17.5 Å². The molecule has 0 radical (unpaired) electrons. The molecule has 2 aromatic rings. The lowest BCUT2D eigenvalue weighted by molar-refractivity contribution is 0.0706. The fraction of sp³-hybridized carbons (Fsp3) is 0.222. The van der Waals surface area contributed by atoms with E-state index in [0.29, 0.717) is 29.4 Å². The molecule has 7 nitrogen and oxygen atoms in total. The molecular weight excluding hydrogens is 324 g/mol. The smallest absolute Gasteiger partial charge is 0.274 e. The van der Waals surface area contributed by atoms with Crippen LogP contribution in [0.3, 0.4) is 0 Å². The Bertz CT molecular complexity index is 744. The van der Waals surface area contributed by atoms with Crippen LogP contribution in [0, 0.1) is 0 Å². The van der Waals surface area contributed by atoms with Crippen molar-refractivity contribution in [1.82, 2.24) is 5.48 Å². The van der Waals surface area contributed by atoms with Gasteiger partial charge in [-0.25, -0.2) is 5.48 Å². The summed E-state index contributed by atoms with van der Waals surface area (Å²) in [6, 6.07) is 11.2. The second-order valence-corrected chi connectivity index (χ2v) is 5.18. The molecule has 0 aliphatic heterocycles. The highest BCUT2D eigenvalue weighted by molar-refractivity contribution is 6.06. The molecule has 2 amide bonds. The SMILES string of the molecule is CCCOc1ccc(C(=O)Nc2cc(C(=O)NO)ccc2OC)cc1. The Labute approximate surface area is 145 Å². The van der Waals surface area contributed by atoms with Gasteiger partial charge < -0.3 is 14.8 Å². The maximum atomic E-state index is 12.4. The number of carbonyl (C=O) groups excluding carboxylic acids is 2. The van der Waals surface area contributed by atoms with Gasteiger partial charge in [0.05, 0.1) is 19.4 Å². The number of anilines is 1. The first kappa shape index (κ1) is 18.3. The van der Waals surface area contributed by atoms with Gasteiger partial charge >= 0.3 is 0 Å². The van der Waals surface area contributed by atoms with Crippen LogP contribution < -0.4 is 20.3 Å². The molecule has 132 valence electrons. The Kier molecular flexibility index (Phi) is 6.36. The second-order valence-electron chi connectivity index (χ2n) is 5.18. The van der Waals surface area contributed by atoms with E-state index in [4.69, 9.17) is 14.7 Å². The Morgan fingerprint density at radius 1 is 1.04 bits per heavy atom. The zero-order valence-corrected chi connectivity index (χ0v) is 14.0. The topological polar surface area (TPSA) is 96.9 Å². The van der Waals surface area contributed by atoms with Gasteiger partial charge in [-0.3, -0.25) is 14.8 Å². The van der Waals surface area contributed by atoms with Gasteiger partial charge in [0, 0.05) is 11.1 Å². The largest absolute Gasteiger partial charge is 0.495 e. The fourth-order valence-corrected chi connectivity index (χ4v) is 2.13. The van der Waals surface area contributed by atoms with Crippen molar-refractivity contribution in [3.63, 3.8) is 0 Å². The predicted octanol–water partition coefficient (Wildman–Crippen LogP) is 2.86. The molecule has 0 aromatic heterocycles. The van der Waals surface area contributed by atoms with Crippen LogP contribution >= 0.6 is 0 Å². The first-order valence-corrected chi connectivity index (χ1v) is 7.75. The average Bonchev–Trinajstić information content (AvgIpc) is 2.66. The van der Waals surface area contributed by atoms with E-state index in [1.807, 2.05) is 6.92 Å². The number of hydroxylamine groups is 1. The molecule has 0 heterocycles. The van der Waals surface area contributed by atoms with Crippen LogP contribution in [0.15, 0.2) is 42.5 Å². The third kappa shape index (κ3) is 4.71. The van der Waals surface area contributed by atoms with Crippen molar-refractivity contribution in [2.24, 2.45) is 0 Å². The van der Waals surface area contributed by atoms with E-state index in [1.54, 1.807) is 29.7 Å². The summed E-state index contributed by atoms with van der Waals surface area (Å²) < 4.78 is 10.7. The number of methoxy groups -OCH3 is 1. The quantitative estimate of drug-likeness (QED) is 0.530. The third-order valence-electron chi connectivity index (χ3n) is 3.40. The first-order valence-electron chi connectivity index (χ1n) is 7.75. The summed E-state index contributed by atoms with van der Waals surface area (Å²) in [5, 5.41) is 11.4. The van der Waals surface area contributed by atoms with Crippen molar-refractivity contribution in [3.8, 4) is 11.5 Å². The van der Waals surface area contributed by atoms with Gasteiger partial charge in [0.1, 0.15) is 11.5 Å². The van der Waals surface area contributed by atoms with Gasteiger partial charge in [-0.15, -0.1) is 0 Å². The average molecular weight is 344 g/mol. The van der Waals surface area contributed by atoms with Crippen LogP contribution in [0.5, 0.6) is 11.5 Å². The van der Waals surface area contributed by atoms with Gasteiger partial charge in [0.25, 0.3) is 11.8 Å².